The number of hydrogen-bond acceptors (Lipinski definition) is 1. The fourth-order valence-electron chi connectivity index (χ4n) is 4.15. The van der Waals surface area contributed by atoms with Crippen molar-refractivity contribution in [1.29, 1.82) is 0 Å². The van der Waals surface area contributed by atoms with Gasteiger partial charge < -0.3 is 5.73 Å². The minimum Gasteiger partial charge on any atom is -0.325 e. The summed E-state index contributed by atoms with van der Waals surface area (Å²) < 4.78 is 13.4. The van der Waals surface area contributed by atoms with E-state index in [1.54, 1.807) is 6.07 Å². The summed E-state index contributed by atoms with van der Waals surface area (Å²) in [5.41, 5.74) is 8.95. The molecule has 0 radical (unpaired) electrons. The summed E-state index contributed by atoms with van der Waals surface area (Å²) in [5.74, 6) is 0.481. The zero-order chi connectivity index (χ0) is 14.3. The van der Waals surface area contributed by atoms with Gasteiger partial charge in [0.2, 0.25) is 0 Å². The number of hydrogen-bond donors (Lipinski definition) is 1. The zero-order valence-electron chi connectivity index (χ0n) is 12.6. The second-order valence-corrected chi connectivity index (χ2v) is 7.46. The van der Waals surface area contributed by atoms with Crippen LogP contribution in [0, 0.1) is 24.1 Å². The standard InChI is InChI=1S/C17H26FN/c1-12-8-16(3,4)11-17(19,9-12)10-14-7-15(18)6-5-13(14)2/h5-7,12H,8-11,19H2,1-4H3. The SMILES string of the molecule is Cc1ccc(F)cc1CC1(N)CC(C)CC(C)(C)C1. The number of aryl methyl sites for hydroxylation is 1. The minimum absolute atomic E-state index is 0.160. The molecule has 2 N–H and O–H groups in total. The van der Waals surface area contributed by atoms with E-state index in [1.165, 1.54) is 12.5 Å². The van der Waals surface area contributed by atoms with E-state index in [0.29, 0.717) is 5.92 Å². The average molecular weight is 263 g/mol. The van der Waals surface area contributed by atoms with Gasteiger partial charge in [0.15, 0.2) is 0 Å². The summed E-state index contributed by atoms with van der Waals surface area (Å²) >= 11 is 0. The second kappa shape index (κ2) is 4.90. The molecule has 0 bridgehead atoms. The van der Waals surface area contributed by atoms with Crippen molar-refractivity contribution in [3.8, 4) is 0 Å². The van der Waals surface area contributed by atoms with Gasteiger partial charge in [-0.15, -0.1) is 0 Å². The lowest BCUT2D eigenvalue weighted by atomic mass is 9.63. The van der Waals surface area contributed by atoms with Crippen molar-refractivity contribution < 1.29 is 4.39 Å². The monoisotopic (exact) mass is 263 g/mol. The van der Waals surface area contributed by atoms with Crippen molar-refractivity contribution in [2.24, 2.45) is 17.1 Å². The number of nitrogens with two attached hydrogens (primary N) is 1. The van der Waals surface area contributed by atoms with E-state index in [4.69, 9.17) is 5.73 Å². The Hall–Kier alpha value is -0.890. The Morgan fingerprint density at radius 3 is 2.63 bits per heavy atom. The summed E-state index contributed by atoms with van der Waals surface area (Å²) in [6, 6.07) is 5.02. The molecule has 0 aliphatic heterocycles. The molecule has 1 nitrogen and oxygen atoms in total. The van der Waals surface area contributed by atoms with Crippen LogP contribution in [0.25, 0.3) is 0 Å². The molecule has 1 aliphatic carbocycles. The first kappa shape index (κ1) is 14.5. The van der Waals surface area contributed by atoms with Crippen LogP contribution in [0.2, 0.25) is 0 Å². The lowest BCUT2D eigenvalue weighted by molar-refractivity contribution is 0.108. The predicted molar refractivity (Wildman–Crippen MR) is 78.6 cm³/mol. The summed E-state index contributed by atoms with van der Waals surface area (Å²) in [6.07, 6.45) is 4.06. The summed E-state index contributed by atoms with van der Waals surface area (Å²) in [5, 5.41) is 0. The third-order valence-electron chi connectivity index (χ3n) is 4.34. The Kier molecular flexibility index (Phi) is 3.74. The molecule has 0 heterocycles. The Balaban J connectivity index is 2.23. The van der Waals surface area contributed by atoms with Crippen molar-refractivity contribution in [1.82, 2.24) is 0 Å². The van der Waals surface area contributed by atoms with Gasteiger partial charge in [0.1, 0.15) is 5.82 Å². The Labute approximate surface area is 116 Å². The van der Waals surface area contributed by atoms with Gasteiger partial charge >= 0.3 is 0 Å². The molecule has 2 rings (SSSR count). The number of halogens is 1. The molecule has 0 saturated heterocycles. The van der Waals surface area contributed by atoms with Gasteiger partial charge in [-0.1, -0.05) is 26.8 Å². The Morgan fingerprint density at radius 2 is 2.00 bits per heavy atom. The quantitative estimate of drug-likeness (QED) is 0.849. The van der Waals surface area contributed by atoms with E-state index in [2.05, 4.69) is 20.8 Å². The smallest absolute Gasteiger partial charge is 0.123 e. The highest BCUT2D eigenvalue weighted by Crippen LogP contribution is 2.44. The summed E-state index contributed by atoms with van der Waals surface area (Å²) in [7, 11) is 0. The maximum Gasteiger partial charge on any atom is 0.123 e. The molecular formula is C17H26FN. The van der Waals surface area contributed by atoms with E-state index in [9.17, 15) is 4.39 Å². The zero-order valence-corrected chi connectivity index (χ0v) is 12.6. The van der Waals surface area contributed by atoms with Crippen molar-refractivity contribution in [3.05, 3.63) is 35.1 Å². The molecule has 0 aromatic heterocycles. The van der Waals surface area contributed by atoms with Gasteiger partial charge in [-0.05, 0) is 67.2 Å². The molecule has 19 heavy (non-hydrogen) atoms. The molecule has 106 valence electrons. The topological polar surface area (TPSA) is 26.0 Å². The van der Waals surface area contributed by atoms with Gasteiger partial charge in [0.25, 0.3) is 0 Å². The third kappa shape index (κ3) is 3.56. The Morgan fingerprint density at radius 1 is 1.32 bits per heavy atom. The summed E-state index contributed by atoms with van der Waals surface area (Å²) in [6.45, 7) is 8.90. The van der Waals surface area contributed by atoms with E-state index >= 15 is 0 Å². The highest BCUT2D eigenvalue weighted by molar-refractivity contribution is 5.28. The molecule has 2 heteroatoms. The first-order chi connectivity index (χ1) is 8.69. The first-order valence-corrected chi connectivity index (χ1v) is 7.23. The highest BCUT2D eigenvalue weighted by atomic mass is 19.1. The van der Waals surface area contributed by atoms with E-state index < -0.39 is 0 Å². The van der Waals surface area contributed by atoms with E-state index in [-0.39, 0.29) is 16.8 Å². The molecule has 1 saturated carbocycles. The molecule has 1 aliphatic rings. The predicted octanol–water partition coefficient (Wildman–Crippen LogP) is 4.22. The molecule has 2 unspecified atom stereocenters. The van der Waals surface area contributed by atoms with Gasteiger partial charge in [0, 0.05) is 5.54 Å². The third-order valence-corrected chi connectivity index (χ3v) is 4.34. The molecular weight excluding hydrogens is 237 g/mol. The van der Waals surface area contributed by atoms with Crippen LogP contribution in [0.15, 0.2) is 18.2 Å². The molecule has 0 amide bonds. The van der Waals surface area contributed by atoms with Gasteiger partial charge in [-0.25, -0.2) is 4.39 Å². The van der Waals surface area contributed by atoms with Crippen LogP contribution < -0.4 is 5.73 Å². The van der Waals surface area contributed by atoms with Crippen LogP contribution in [-0.2, 0) is 6.42 Å². The Bertz CT molecular complexity index is 466. The molecule has 1 fully saturated rings. The largest absolute Gasteiger partial charge is 0.325 e. The van der Waals surface area contributed by atoms with Gasteiger partial charge in [-0.2, -0.15) is 0 Å². The first-order valence-electron chi connectivity index (χ1n) is 7.23. The average Bonchev–Trinajstić information content (AvgIpc) is 2.19. The van der Waals surface area contributed by atoms with Crippen LogP contribution >= 0.6 is 0 Å². The van der Waals surface area contributed by atoms with Crippen LogP contribution in [0.3, 0.4) is 0 Å². The number of rotatable bonds is 2. The van der Waals surface area contributed by atoms with Crippen molar-refractivity contribution in [2.75, 3.05) is 0 Å². The maximum absolute atomic E-state index is 13.4. The van der Waals surface area contributed by atoms with Crippen LogP contribution in [0.1, 0.15) is 51.2 Å². The lowest BCUT2D eigenvalue weighted by Gasteiger charge is -2.46. The number of benzene rings is 1. The van der Waals surface area contributed by atoms with Crippen molar-refractivity contribution >= 4 is 0 Å². The lowest BCUT2D eigenvalue weighted by Crippen LogP contribution is -2.50. The minimum atomic E-state index is -0.195. The molecule has 0 spiro atoms. The van der Waals surface area contributed by atoms with Gasteiger partial charge in [0.05, 0.1) is 0 Å². The molecule has 1 aromatic rings. The van der Waals surface area contributed by atoms with Crippen LogP contribution in [0.5, 0.6) is 0 Å². The normalized spacial score (nSPS) is 30.3. The van der Waals surface area contributed by atoms with E-state index in [1.807, 2.05) is 13.0 Å². The fourth-order valence-corrected chi connectivity index (χ4v) is 4.15. The second-order valence-electron chi connectivity index (χ2n) is 7.46. The van der Waals surface area contributed by atoms with Crippen LogP contribution in [0.4, 0.5) is 4.39 Å². The highest BCUT2D eigenvalue weighted by Gasteiger charge is 2.40. The fraction of sp³-hybridized carbons (Fsp3) is 0.647. The molecule has 1 aromatic carbocycles. The summed E-state index contributed by atoms with van der Waals surface area (Å²) in [4.78, 5) is 0. The van der Waals surface area contributed by atoms with Gasteiger partial charge in [-0.3, -0.25) is 0 Å². The van der Waals surface area contributed by atoms with Crippen LogP contribution in [-0.4, -0.2) is 5.54 Å². The van der Waals surface area contributed by atoms with E-state index in [0.717, 1.165) is 30.4 Å². The van der Waals surface area contributed by atoms with Crippen molar-refractivity contribution in [3.63, 3.8) is 0 Å². The molecule has 2 atom stereocenters. The van der Waals surface area contributed by atoms with Crippen molar-refractivity contribution in [2.45, 2.75) is 58.9 Å². The maximum atomic E-state index is 13.4.